The highest BCUT2D eigenvalue weighted by Crippen LogP contribution is 2.24. The molecule has 0 spiro atoms. The van der Waals surface area contributed by atoms with E-state index < -0.39 is 9.84 Å². The van der Waals surface area contributed by atoms with Crippen molar-refractivity contribution in [2.45, 2.75) is 11.5 Å². The van der Waals surface area contributed by atoms with Crippen molar-refractivity contribution in [2.24, 2.45) is 0 Å². The maximum atomic E-state index is 12.7. The molecule has 3 aromatic rings. The molecule has 0 saturated heterocycles. The first kappa shape index (κ1) is 21.1. The van der Waals surface area contributed by atoms with Crippen LogP contribution in [0.25, 0.3) is 6.08 Å². The number of rotatable bonds is 6. The molecule has 3 aromatic carbocycles. The Balaban J connectivity index is 1.82. The van der Waals surface area contributed by atoms with Gasteiger partial charge >= 0.3 is 0 Å². The fraction of sp³-hybridized carbons (Fsp3) is 0.0455. The van der Waals surface area contributed by atoms with Crippen molar-refractivity contribution in [1.29, 1.82) is 5.26 Å². The van der Waals surface area contributed by atoms with Crippen molar-refractivity contribution in [3.63, 3.8) is 0 Å². The Morgan fingerprint density at radius 3 is 2.41 bits per heavy atom. The quantitative estimate of drug-likeness (QED) is 0.398. The summed E-state index contributed by atoms with van der Waals surface area (Å²) in [6, 6.07) is 22.1. The molecule has 0 N–H and O–H groups in total. The van der Waals surface area contributed by atoms with Crippen molar-refractivity contribution >= 4 is 43.4 Å². The molecule has 146 valence electrons. The first-order valence-electron chi connectivity index (χ1n) is 8.48. The van der Waals surface area contributed by atoms with Crippen LogP contribution in [0.5, 0.6) is 5.75 Å². The fourth-order valence-corrected chi connectivity index (χ4v) is 4.05. The molecule has 7 heteroatoms. The molecular weight excluding hydrogens is 474 g/mol. The summed E-state index contributed by atoms with van der Waals surface area (Å²) in [6.45, 7) is 0.370. The third kappa shape index (κ3) is 5.48. The highest BCUT2D eigenvalue weighted by Gasteiger charge is 2.20. The standard InChI is InChI=1S/C22H15BrClNO3S/c23-18-6-4-16(5-7-18)15-28-20-3-1-2-17(12-20)13-22(14-25)29(26,27)21-10-8-19(24)9-11-21/h1-13H,15H2/b22-13+. The Bertz CT molecular complexity index is 1180. The average molecular weight is 489 g/mol. The normalized spacial score (nSPS) is 11.7. The van der Waals surface area contributed by atoms with E-state index in [2.05, 4.69) is 15.9 Å². The molecule has 29 heavy (non-hydrogen) atoms. The molecule has 0 heterocycles. The largest absolute Gasteiger partial charge is 0.489 e. The third-order valence-corrected chi connectivity index (χ3v) is 6.46. The van der Waals surface area contributed by atoms with Gasteiger partial charge in [0.05, 0.1) is 4.90 Å². The Morgan fingerprint density at radius 1 is 1.07 bits per heavy atom. The zero-order valence-electron chi connectivity index (χ0n) is 15.0. The van der Waals surface area contributed by atoms with E-state index >= 15 is 0 Å². The second-order valence-corrected chi connectivity index (χ2v) is 9.34. The van der Waals surface area contributed by atoms with Crippen LogP contribution in [0.1, 0.15) is 11.1 Å². The van der Waals surface area contributed by atoms with Crippen molar-refractivity contribution in [1.82, 2.24) is 0 Å². The Kier molecular flexibility index (Phi) is 6.75. The Labute approximate surface area is 183 Å². The first-order chi connectivity index (χ1) is 13.9. The van der Waals surface area contributed by atoms with Gasteiger partial charge in [-0.3, -0.25) is 0 Å². The lowest BCUT2D eigenvalue weighted by Gasteiger charge is -2.08. The van der Waals surface area contributed by atoms with Crippen LogP contribution in [0, 0.1) is 11.3 Å². The van der Waals surface area contributed by atoms with Gasteiger partial charge in [0.15, 0.2) is 0 Å². The number of hydrogen-bond donors (Lipinski definition) is 0. The van der Waals surface area contributed by atoms with E-state index in [0.29, 0.717) is 22.9 Å². The first-order valence-corrected chi connectivity index (χ1v) is 11.1. The molecule has 0 radical (unpaired) electrons. The van der Waals surface area contributed by atoms with Crippen LogP contribution in [-0.2, 0) is 16.4 Å². The summed E-state index contributed by atoms with van der Waals surface area (Å²) in [7, 11) is -3.94. The molecule has 3 rings (SSSR count). The number of nitriles is 1. The molecular formula is C22H15BrClNO3S. The zero-order valence-corrected chi connectivity index (χ0v) is 18.2. The average Bonchev–Trinajstić information content (AvgIpc) is 2.72. The van der Waals surface area contributed by atoms with E-state index in [4.69, 9.17) is 16.3 Å². The van der Waals surface area contributed by atoms with Crippen LogP contribution < -0.4 is 4.74 Å². The molecule has 0 bridgehead atoms. The van der Waals surface area contributed by atoms with Gasteiger partial charge in [-0.25, -0.2) is 8.42 Å². The lowest BCUT2D eigenvalue weighted by Crippen LogP contribution is -2.03. The summed E-state index contributed by atoms with van der Waals surface area (Å²) in [4.78, 5) is -0.345. The maximum Gasteiger partial charge on any atom is 0.216 e. The van der Waals surface area contributed by atoms with Gasteiger partial charge in [-0.2, -0.15) is 5.26 Å². The Morgan fingerprint density at radius 2 is 1.76 bits per heavy atom. The summed E-state index contributed by atoms with van der Waals surface area (Å²) in [5.74, 6) is 0.572. The zero-order chi connectivity index (χ0) is 20.9. The highest BCUT2D eigenvalue weighted by molar-refractivity contribution is 9.10. The summed E-state index contributed by atoms with van der Waals surface area (Å²) in [5, 5.41) is 9.84. The molecule has 0 aliphatic heterocycles. The minimum Gasteiger partial charge on any atom is -0.489 e. The summed E-state index contributed by atoms with van der Waals surface area (Å²) in [6.07, 6.45) is 1.33. The van der Waals surface area contributed by atoms with E-state index in [9.17, 15) is 13.7 Å². The smallest absolute Gasteiger partial charge is 0.216 e. The molecule has 0 aliphatic carbocycles. The molecule has 0 atom stereocenters. The molecule has 0 fully saturated rings. The predicted octanol–water partition coefficient (Wildman–Crippen LogP) is 6.02. The predicted molar refractivity (Wildman–Crippen MR) is 117 cm³/mol. The number of allylic oxidation sites excluding steroid dienone is 1. The number of benzene rings is 3. The number of ether oxygens (including phenoxy) is 1. The van der Waals surface area contributed by atoms with Crippen molar-refractivity contribution in [2.75, 3.05) is 0 Å². The van der Waals surface area contributed by atoms with Crippen molar-refractivity contribution < 1.29 is 13.2 Å². The second kappa shape index (κ2) is 9.27. The van der Waals surface area contributed by atoms with E-state index in [0.717, 1.165) is 10.0 Å². The summed E-state index contributed by atoms with van der Waals surface area (Å²) in [5.41, 5.74) is 1.55. The van der Waals surface area contributed by atoms with Gasteiger partial charge in [0.2, 0.25) is 9.84 Å². The SMILES string of the molecule is N#C/C(=C\c1cccc(OCc2ccc(Br)cc2)c1)S(=O)(=O)c1ccc(Cl)cc1. The minimum atomic E-state index is -3.94. The molecule has 4 nitrogen and oxygen atoms in total. The second-order valence-electron chi connectivity index (χ2n) is 6.07. The van der Waals surface area contributed by atoms with Crippen LogP contribution in [0.4, 0.5) is 0 Å². The number of halogens is 2. The molecule has 0 saturated carbocycles. The van der Waals surface area contributed by atoms with Gasteiger partial charge in [0.1, 0.15) is 23.3 Å². The van der Waals surface area contributed by atoms with Crippen molar-refractivity contribution in [3.8, 4) is 11.8 Å². The van der Waals surface area contributed by atoms with Gasteiger partial charge in [0, 0.05) is 9.50 Å². The van der Waals surface area contributed by atoms with Gasteiger partial charge in [-0.15, -0.1) is 0 Å². The molecule has 0 amide bonds. The van der Waals surface area contributed by atoms with Gasteiger partial charge in [-0.05, 0) is 65.7 Å². The third-order valence-electron chi connectivity index (χ3n) is 4.00. The van der Waals surface area contributed by atoms with Crippen LogP contribution in [0.15, 0.2) is 87.1 Å². The van der Waals surface area contributed by atoms with Gasteiger partial charge in [-0.1, -0.05) is 51.8 Å². The van der Waals surface area contributed by atoms with E-state index in [1.807, 2.05) is 24.3 Å². The van der Waals surface area contributed by atoms with Crippen molar-refractivity contribution in [3.05, 3.63) is 98.3 Å². The monoisotopic (exact) mass is 487 g/mol. The molecule has 0 aromatic heterocycles. The number of nitrogens with zero attached hydrogens (tertiary/aromatic N) is 1. The van der Waals surface area contributed by atoms with Crippen LogP contribution >= 0.6 is 27.5 Å². The lowest BCUT2D eigenvalue weighted by molar-refractivity contribution is 0.306. The van der Waals surface area contributed by atoms with Crippen LogP contribution in [-0.4, -0.2) is 8.42 Å². The number of sulfone groups is 1. The van der Waals surface area contributed by atoms with E-state index in [1.165, 1.54) is 30.3 Å². The minimum absolute atomic E-state index is 0.0114. The summed E-state index contributed by atoms with van der Waals surface area (Å²) >= 11 is 9.20. The maximum absolute atomic E-state index is 12.7. The fourth-order valence-electron chi connectivity index (χ4n) is 2.50. The number of hydrogen-bond acceptors (Lipinski definition) is 4. The molecule has 0 unspecified atom stereocenters. The molecule has 0 aliphatic rings. The lowest BCUT2D eigenvalue weighted by atomic mass is 10.2. The van der Waals surface area contributed by atoms with Gasteiger partial charge < -0.3 is 4.74 Å². The van der Waals surface area contributed by atoms with Crippen LogP contribution in [0.2, 0.25) is 5.02 Å². The van der Waals surface area contributed by atoms with E-state index in [-0.39, 0.29) is 9.80 Å². The highest BCUT2D eigenvalue weighted by atomic mass is 79.9. The van der Waals surface area contributed by atoms with Crippen LogP contribution in [0.3, 0.4) is 0 Å². The van der Waals surface area contributed by atoms with E-state index in [1.54, 1.807) is 30.3 Å². The van der Waals surface area contributed by atoms with Gasteiger partial charge in [0.25, 0.3) is 0 Å². The Hall–Kier alpha value is -2.59. The topological polar surface area (TPSA) is 67.2 Å². The summed E-state index contributed by atoms with van der Waals surface area (Å²) < 4.78 is 32.2.